The largest absolute Gasteiger partial charge is 0.330 e. The smallest absolute Gasteiger partial charge is 0 e. The first-order chi connectivity index (χ1) is 6.91. The second kappa shape index (κ2) is 18.7. The Balaban J connectivity index is -0.000000449. The molecule has 0 aromatic carbocycles. The lowest BCUT2D eigenvalue weighted by Crippen LogP contribution is -1.97. The fourth-order valence-electron chi connectivity index (χ4n) is 1.45. The molecule has 14 heavy (non-hydrogen) atoms. The lowest BCUT2D eigenvalue weighted by molar-refractivity contribution is 0.567. The number of rotatable bonds is 9. The lowest BCUT2D eigenvalue weighted by atomic mass is 10.1. The summed E-state index contributed by atoms with van der Waals surface area (Å²) in [5, 5.41) is 0. The van der Waals surface area contributed by atoms with E-state index in [1.807, 2.05) is 13.8 Å². The quantitative estimate of drug-likeness (QED) is 0.538. The van der Waals surface area contributed by atoms with Gasteiger partial charge in [-0.05, 0) is 13.0 Å². The van der Waals surface area contributed by atoms with Gasteiger partial charge in [0.25, 0.3) is 0 Å². The van der Waals surface area contributed by atoms with Crippen LogP contribution in [0.1, 0.15) is 80.0 Å². The van der Waals surface area contributed by atoms with Gasteiger partial charge < -0.3 is 5.73 Å². The Morgan fingerprint density at radius 3 is 1.43 bits per heavy atom. The van der Waals surface area contributed by atoms with E-state index in [1.165, 1.54) is 57.8 Å². The average Bonchev–Trinajstić information content (AvgIpc) is 2.25. The summed E-state index contributed by atoms with van der Waals surface area (Å²) in [5.74, 6) is 0. The fraction of sp³-hybridized carbons (Fsp3) is 1.00. The van der Waals surface area contributed by atoms with E-state index in [2.05, 4.69) is 6.92 Å². The predicted octanol–water partition coefficient (Wildman–Crippen LogP) is 4.75. The van der Waals surface area contributed by atoms with Crippen LogP contribution in [0.15, 0.2) is 0 Å². The van der Waals surface area contributed by atoms with E-state index in [9.17, 15) is 0 Å². The highest BCUT2D eigenvalue weighted by atomic mass is 14.5. The molecule has 0 aromatic rings. The molecule has 0 aliphatic carbocycles. The molecule has 0 heterocycles. The van der Waals surface area contributed by atoms with Gasteiger partial charge in [0.05, 0.1) is 0 Å². The number of unbranched alkanes of at least 4 members (excludes halogenated alkanes) is 8. The molecular formula is C13H33N. The fourth-order valence-corrected chi connectivity index (χ4v) is 1.45. The van der Waals surface area contributed by atoms with Crippen molar-refractivity contribution >= 4 is 0 Å². The summed E-state index contributed by atoms with van der Waals surface area (Å²) in [4.78, 5) is 0. The molecule has 0 rings (SSSR count). The van der Waals surface area contributed by atoms with Gasteiger partial charge >= 0.3 is 0 Å². The first-order valence-electron chi connectivity index (χ1n) is 6.62. The van der Waals surface area contributed by atoms with Crippen LogP contribution < -0.4 is 5.73 Å². The Morgan fingerprint density at radius 2 is 1.07 bits per heavy atom. The van der Waals surface area contributed by atoms with E-state index >= 15 is 0 Å². The van der Waals surface area contributed by atoms with Gasteiger partial charge in [0, 0.05) is 1.43 Å². The van der Waals surface area contributed by atoms with Crippen LogP contribution in [0, 0.1) is 0 Å². The third-order valence-electron chi connectivity index (χ3n) is 2.31. The van der Waals surface area contributed by atoms with Gasteiger partial charge in [-0.3, -0.25) is 0 Å². The van der Waals surface area contributed by atoms with Crippen molar-refractivity contribution in [3.05, 3.63) is 0 Å². The zero-order chi connectivity index (χ0) is 11.1. The van der Waals surface area contributed by atoms with Crippen LogP contribution in [0.25, 0.3) is 0 Å². The highest BCUT2D eigenvalue weighted by Crippen LogP contribution is 2.08. The van der Waals surface area contributed by atoms with Gasteiger partial charge in [-0.2, -0.15) is 0 Å². The summed E-state index contributed by atoms with van der Waals surface area (Å²) in [6, 6.07) is 0. The summed E-state index contributed by atoms with van der Waals surface area (Å²) in [6.07, 6.45) is 12.5. The van der Waals surface area contributed by atoms with E-state index in [1.54, 1.807) is 0 Å². The second-order valence-electron chi connectivity index (χ2n) is 3.62. The molecule has 0 aliphatic heterocycles. The standard InChI is InChI=1S/C11H25N.C2H6.H2/c1-2-3-4-5-6-7-8-9-10-11-12;1-2;/h2-12H2,1H3;1-2H3;1H. The molecule has 0 saturated carbocycles. The third-order valence-corrected chi connectivity index (χ3v) is 2.31. The summed E-state index contributed by atoms with van der Waals surface area (Å²) in [7, 11) is 0. The first kappa shape index (κ1) is 16.4. The van der Waals surface area contributed by atoms with Gasteiger partial charge in [-0.1, -0.05) is 72.1 Å². The van der Waals surface area contributed by atoms with Crippen molar-refractivity contribution in [2.24, 2.45) is 5.73 Å². The van der Waals surface area contributed by atoms with E-state index in [0.29, 0.717) is 0 Å². The minimum atomic E-state index is 0. The van der Waals surface area contributed by atoms with Crippen LogP contribution in [-0.4, -0.2) is 6.54 Å². The summed E-state index contributed by atoms with van der Waals surface area (Å²) in [6.45, 7) is 7.14. The number of nitrogens with two attached hydrogens (primary N) is 1. The minimum Gasteiger partial charge on any atom is -0.330 e. The molecule has 0 fully saturated rings. The molecule has 0 aromatic heterocycles. The molecule has 0 saturated heterocycles. The van der Waals surface area contributed by atoms with Crippen molar-refractivity contribution in [3.8, 4) is 0 Å². The Labute approximate surface area is 92.9 Å². The maximum atomic E-state index is 5.41. The lowest BCUT2D eigenvalue weighted by Gasteiger charge is -1.99. The Bertz CT molecular complexity index is 66.9. The zero-order valence-electron chi connectivity index (χ0n) is 10.6. The molecule has 1 heteroatoms. The molecule has 0 atom stereocenters. The van der Waals surface area contributed by atoms with Crippen LogP contribution >= 0.6 is 0 Å². The molecular weight excluding hydrogens is 170 g/mol. The molecule has 0 radical (unpaired) electrons. The van der Waals surface area contributed by atoms with E-state index in [4.69, 9.17) is 5.73 Å². The molecule has 0 aliphatic rings. The number of hydrogen-bond donors (Lipinski definition) is 1. The van der Waals surface area contributed by atoms with Crippen molar-refractivity contribution < 1.29 is 1.43 Å². The predicted molar refractivity (Wildman–Crippen MR) is 69.7 cm³/mol. The topological polar surface area (TPSA) is 26.0 Å². The monoisotopic (exact) mass is 203 g/mol. The van der Waals surface area contributed by atoms with Crippen molar-refractivity contribution in [2.45, 2.75) is 78.6 Å². The molecule has 0 bridgehead atoms. The van der Waals surface area contributed by atoms with Crippen molar-refractivity contribution in [1.82, 2.24) is 0 Å². The molecule has 2 N–H and O–H groups in total. The summed E-state index contributed by atoms with van der Waals surface area (Å²) in [5.41, 5.74) is 5.41. The van der Waals surface area contributed by atoms with E-state index in [0.717, 1.165) is 6.54 Å². The maximum Gasteiger partial charge on any atom is 0 e. The summed E-state index contributed by atoms with van der Waals surface area (Å²) >= 11 is 0. The highest BCUT2D eigenvalue weighted by Gasteiger charge is 1.90. The van der Waals surface area contributed by atoms with Crippen molar-refractivity contribution in [2.75, 3.05) is 6.54 Å². The van der Waals surface area contributed by atoms with Crippen LogP contribution in [0.5, 0.6) is 0 Å². The molecule has 90 valence electrons. The number of hydrogen-bond acceptors (Lipinski definition) is 1. The Morgan fingerprint density at radius 1 is 0.714 bits per heavy atom. The molecule has 0 spiro atoms. The van der Waals surface area contributed by atoms with Gasteiger partial charge in [0.1, 0.15) is 0 Å². The van der Waals surface area contributed by atoms with Gasteiger partial charge in [0.15, 0.2) is 0 Å². The Hall–Kier alpha value is -0.0400. The van der Waals surface area contributed by atoms with Crippen LogP contribution in [0.3, 0.4) is 0 Å². The first-order valence-corrected chi connectivity index (χ1v) is 6.62. The normalized spacial score (nSPS) is 9.43. The van der Waals surface area contributed by atoms with Gasteiger partial charge in [0.2, 0.25) is 0 Å². The van der Waals surface area contributed by atoms with E-state index in [-0.39, 0.29) is 1.43 Å². The third kappa shape index (κ3) is 17.9. The average molecular weight is 203 g/mol. The zero-order valence-corrected chi connectivity index (χ0v) is 10.6. The van der Waals surface area contributed by atoms with Gasteiger partial charge in [-0.25, -0.2) is 0 Å². The molecule has 0 unspecified atom stereocenters. The molecule has 0 amide bonds. The van der Waals surface area contributed by atoms with Crippen molar-refractivity contribution in [1.29, 1.82) is 0 Å². The molecule has 1 nitrogen and oxygen atoms in total. The van der Waals surface area contributed by atoms with Crippen LogP contribution in [0.4, 0.5) is 0 Å². The van der Waals surface area contributed by atoms with Crippen LogP contribution in [-0.2, 0) is 0 Å². The Kier molecular flexibility index (Phi) is 21.9. The second-order valence-corrected chi connectivity index (χ2v) is 3.62. The maximum absolute atomic E-state index is 5.41. The van der Waals surface area contributed by atoms with Gasteiger partial charge in [-0.15, -0.1) is 0 Å². The van der Waals surface area contributed by atoms with Crippen molar-refractivity contribution in [3.63, 3.8) is 0 Å². The minimum absolute atomic E-state index is 0. The SMILES string of the molecule is CC.CCCCCCCCCCCN.[HH]. The van der Waals surface area contributed by atoms with E-state index < -0.39 is 0 Å². The summed E-state index contributed by atoms with van der Waals surface area (Å²) < 4.78 is 0. The highest BCUT2D eigenvalue weighted by molar-refractivity contribution is 4.46. The van der Waals surface area contributed by atoms with Crippen LogP contribution in [0.2, 0.25) is 0 Å².